The van der Waals surface area contributed by atoms with Crippen molar-refractivity contribution in [2.45, 2.75) is 59.3 Å². The molecule has 0 saturated carbocycles. The molecule has 39 heavy (non-hydrogen) atoms. The number of aromatic nitrogens is 6. The van der Waals surface area contributed by atoms with Crippen LogP contribution in [0.2, 0.25) is 0 Å². The van der Waals surface area contributed by atoms with Crippen molar-refractivity contribution in [3.8, 4) is 0 Å². The quantitative estimate of drug-likeness (QED) is 0.431. The molecule has 0 aliphatic carbocycles. The molecule has 0 aromatic carbocycles. The zero-order valence-electron chi connectivity index (χ0n) is 24.6. The Hall–Kier alpha value is -3.96. The maximum atomic E-state index is 11.4. The Labute approximate surface area is 227 Å². The summed E-state index contributed by atoms with van der Waals surface area (Å²) in [4.78, 5) is 67.9. The highest BCUT2D eigenvalue weighted by Gasteiger charge is 2.05. The second kappa shape index (κ2) is 14.8. The van der Waals surface area contributed by atoms with Crippen molar-refractivity contribution in [3.63, 3.8) is 0 Å². The summed E-state index contributed by atoms with van der Waals surface area (Å²) in [7, 11) is 9.52. The van der Waals surface area contributed by atoms with Gasteiger partial charge in [0.2, 0.25) is 0 Å². The molecule has 0 saturated heterocycles. The normalized spacial score (nSPS) is 10.4. The van der Waals surface area contributed by atoms with Crippen molar-refractivity contribution in [1.29, 1.82) is 0 Å². The Kier molecular flexibility index (Phi) is 12.6. The van der Waals surface area contributed by atoms with Crippen LogP contribution in [0.3, 0.4) is 0 Å². The molecule has 3 rings (SSSR count). The molecule has 0 N–H and O–H groups in total. The first kappa shape index (κ1) is 33.1. The minimum Gasteiger partial charge on any atom is -0.301 e. The monoisotopic (exact) mass is 546 g/mol. The summed E-state index contributed by atoms with van der Waals surface area (Å²) in [6, 6.07) is 4.56. The largest absolute Gasteiger partial charge is 0.330 e. The van der Waals surface area contributed by atoms with Crippen LogP contribution in [-0.4, -0.2) is 27.4 Å². The molecule has 216 valence electrons. The van der Waals surface area contributed by atoms with E-state index >= 15 is 0 Å². The summed E-state index contributed by atoms with van der Waals surface area (Å²) in [5, 5.41) is 0. The lowest BCUT2D eigenvalue weighted by atomic mass is 10.2. The number of hydrogen-bond acceptors (Lipinski definition) is 6. The second-order valence-corrected chi connectivity index (χ2v) is 9.37. The lowest BCUT2D eigenvalue weighted by Gasteiger charge is -2.07. The Bertz CT molecular complexity index is 1440. The lowest BCUT2D eigenvalue weighted by molar-refractivity contribution is 0.643. The summed E-state index contributed by atoms with van der Waals surface area (Å²) in [6.45, 7) is 6.05. The highest BCUT2D eigenvalue weighted by molar-refractivity contribution is 5.03. The summed E-state index contributed by atoms with van der Waals surface area (Å²) in [5.41, 5.74) is 0.953. The molecule has 12 heteroatoms. The van der Waals surface area contributed by atoms with Crippen molar-refractivity contribution in [1.82, 2.24) is 27.4 Å². The van der Waals surface area contributed by atoms with E-state index in [4.69, 9.17) is 0 Å². The van der Waals surface area contributed by atoms with Gasteiger partial charge in [0.15, 0.2) is 0 Å². The van der Waals surface area contributed by atoms with E-state index in [0.717, 1.165) is 69.3 Å². The second-order valence-electron chi connectivity index (χ2n) is 9.37. The van der Waals surface area contributed by atoms with Crippen LogP contribution in [-0.2, 0) is 61.5 Å². The topological polar surface area (TPSA) is 132 Å². The first-order chi connectivity index (χ1) is 18.2. The van der Waals surface area contributed by atoms with Gasteiger partial charge in [-0.1, -0.05) is 40.0 Å². The maximum Gasteiger partial charge on any atom is 0.330 e. The van der Waals surface area contributed by atoms with Crippen molar-refractivity contribution in [2.75, 3.05) is 0 Å². The van der Waals surface area contributed by atoms with Crippen molar-refractivity contribution in [3.05, 3.63) is 97.8 Å². The van der Waals surface area contributed by atoms with Gasteiger partial charge in [-0.2, -0.15) is 0 Å². The average Bonchev–Trinajstić information content (AvgIpc) is 2.91. The smallest absolute Gasteiger partial charge is 0.301 e. The average molecular weight is 547 g/mol. The van der Waals surface area contributed by atoms with E-state index in [2.05, 4.69) is 0 Å². The Morgan fingerprint density at radius 2 is 0.615 bits per heavy atom. The molecule has 12 nitrogen and oxygen atoms in total. The third kappa shape index (κ3) is 8.26. The number of rotatable bonds is 6. The zero-order valence-corrected chi connectivity index (χ0v) is 24.6. The summed E-state index contributed by atoms with van der Waals surface area (Å²) < 4.78 is 7.89. The predicted octanol–water partition coefficient (Wildman–Crippen LogP) is 0.110. The molecular weight excluding hydrogens is 504 g/mol. The van der Waals surface area contributed by atoms with E-state index in [9.17, 15) is 28.8 Å². The third-order valence-electron chi connectivity index (χ3n) is 6.39. The van der Waals surface area contributed by atoms with Crippen LogP contribution in [0.25, 0.3) is 0 Å². The minimum absolute atomic E-state index is 0.230. The summed E-state index contributed by atoms with van der Waals surface area (Å²) in [5.74, 6) is 0. The molecule has 0 aliphatic rings. The molecule has 0 fully saturated rings. The zero-order chi connectivity index (χ0) is 30.0. The van der Waals surface area contributed by atoms with Gasteiger partial charge >= 0.3 is 17.1 Å². The van der Waals surface area contributed by atoms with Crippen LogP contribution < -0.4 is 33.7 Å². The molecule has 0 atom stereocenters. The fraction of sp³-hybridized carbons (Fsp3) is 0.556. The summed E-state index contributed by atoms with van der Waals surface area (Å²) >= 11 is 0. The van der Waals surface area contributed by atoms with Crippen LogP contribution in [0.15, 0.2) is 47.0 Å². The fourth-order valence-electron chi connectivity index (χ4n) is 3.82. The van der Waals surface area contributed by atoms with Crippen molar-refractivity contribution >= 4 is 0 Å². The molecule has 0 amide bonds. The van der Waals surface area contributed by atoms with Gasteiger partial charge in [0, 0.05) is 77.6 Å². The molecule has 0 unspecified atom stereocenters. The van der Waals surface area contributed by atoms with Crippen LogP contribution in [0, 0.1) is 0 Å². The molecule has 0 bridgehead atoms. The van der Waals surface area contributed by atoms with Gasteiger partial charge in [0.25, 0.3) is 16.7 Å². The first-order valence-corrected chi connectivity index (χ1v) is 13.0. The molecule has 3 aromatic heterocycles. The SMILES string of the molecule is CCCc1cc(=O)n(C)c(=O)n1C.CCCc1cc(=O)n(C)c(=O)n1C.CCCc1cc(=O)n(C)c(=O)n1C. The highest BCUT2D eigenvalue weighted by Crippen LogP contribution is 1.96. The van der Waals surface area contributed by atoms with Gasteiger partial charge in [0.05, 0.1) is 0 Å². The minimum atomic E-state index is -0.254. The third-order valence-corrected chi connectivity index (χ3v) is 6.39. The van der Waals surface area contributed by atoms with E-state index < -0.39 is 0 Å². The Morgan fingerprint density at radius 3 is 0.795 bits per heavy atom. The Balaban J connectivity index is 0.000000292. The van der Waals surface area contributed by atoms with E-state index in [0.29, 0.717) is 0 Å². The van der Waals surface area contributed by atoms with E-state index in [1.165, 1.54) is 53.0 Å². The van der Waals surface area contributed by atoms with Crippen molar-refractivity contribution in [2.24, 2.45) is 42.3 Å². The fourth-order valence-corrected chi connectivity index (χ4v) is 3.82. The molecule has 3 aromatic rings. The first-order valence-electron chi connectivity index (χ1n) is 13.0. The van der Waals surface area contributed by atoms with Crippen molar-refractivity contribution < 1.29 is 0 Å². The van der Waals surface area contributed by atoms with Gasteiger partial charge < -0.3 is 13.7 Å². The molecule has 3 heterocycles. The van der Waals surface area contributed by atoms with E-state index in [1.807, 2.05) is 20.8 Å². The van der Waals surface area contributed by atoms with Gasteiger partial charge in [-0.3, -0.25) is 28.1 Å². The standard InChI is InChI=1S/3C9H14N2O2/c3*1-4-5-7-6-8(12)11(3)9(13)10(7)2/h3*6H,4-5H2,1-3H3. The molecule has 0 radical (unpaired) electrons. The van der Waals surface area contributed by atoms with E-state index in [-0.39, 0.29) is 33.7 Å². The number of aryl methyl sites for hydroxylation is 3. The molecule has 0 spiro atoms. The number of nitrogens with zero attached hydrogens (tertiary/aromatic N) is 6. The number of hydrogen-bond donors (Lipinski definition) is 0. The predicted molar refractivity (Wildman–Crippen MR) is 153 cm³/mol. The Morgan fingerprint density at radius 1 is 0.410 bits per heavy atom. The highest BCUT2D eigenvalue weighted by atomic mass is 16.2. The van der Waals surface area contributed by atoms with E-state index in [1.54, 1.807) is 21.1 Å². The van der Waals surface area contributed by atoms with Gasteiger partial charge in [0.1, 0.15) is 0 Å². The van der Waals surface area contributed by atoms with Crippen LogP contribution in [0.4, 0.5) is 0 Å². The summed E-state index contributed by atoms with van der Waals surface area (Å²) in [6.07, 6.45) is 5.09. The molecular formula is C27H42N6O6. The van der Waals surface area contributed by atoms with Crippen LogP contribution in [0.1, 0.15) is 57.1 Å². The lowest BCUT2D eigenvalue weighted by Crippen LogP contribution is -2.37. The van der Waals surface area contributed by atoms with Gasteiger partial charge in [-0.15, -0.1) is 0 Å². The van der Waals surface area contributed by atoms with Crippen LogP contribution in [0.5, 0.6) is 0 Å². The maximum absolute atomic E-state index is 11.4. The van der Waals surface area contributed by atoms with Gasteiger partial charge in [-0.05, 0) is 19.3 Å². The van der Waals surface area contributed by atoms with Crippen LogP contribution >= 0.6 is 0 Å². The molecule has 0 aliphatic heterocycles. The van der Waals surface area contributed by atoms with Gasteiger partial charge in [-0.25, -0.2) is 14.4 Å².